The van der Waals surface area contributed by atoms with Crippen LogP contribution in [0.2, 0.25) is 0 Å². The van der Waals surface area contributed by atoms with E-state index in [1.54, 1.807) is 18.4 Å². The number of unbranched alkanes of at least 4 members (excludes halogenated alkanes) is 5. The van der Waals surface area contributed by atoms with Crippen molar-refractivity contribution >= 4 is 11.3 Å². The van der Waals surface area contributed by atoms with Gasteiger partial charge in [0.15, 0.2) is 0 Å². The molecular weight excluding hydrogens is 316 g/mol. The summed E-state index contributed by atoms with van der Waals surface area (Å²) in [4.78, 5) is 4.71. The lowest BCUT2D eigenvalue weighted by Crippen LogP contribution is -2.02. The molecule has 2 rings (SSSR count). The molecule has 0 bridgehead atoms. The van der Waals surface area contributed by atoms with E-state index in [4.69, 9.17) is 15.5 Å². The molecule has 3 nitrogen and oxygen atoms in total. The number of benzene rings is 1. The first-order chi connectivity index (χ1) is 11.8. The zero-order chi connectivity index (χ0) is 17.2. The topological polar surface area (TPSA) is 48.1 Å². The van der Waals surface area contributed by atoms with E-state index in [0.717, 1.165) is 34.9 Å². The maximum absolute atomic E-state index is 5.63. The van der Waals surface area contributed by atoms with Crippen LogP contribution < -0.4 is 10.5 Å². The van der Waals surface area contributed by atoms with Gasteiger partial charge in [0.1, 0.15) is 5.75 Å². The lowest BCUT2D eigenvalue weighted by atomic mass is 10.0. The summed E-state index contributed by atoms with van der Waals surface area (Å²) >= 11 is 1.68. The fraction of sp³-hybridized carbons (Fsp3) is 0.550. The van der Waals surface area contributed by atoms with Crippen LogP contribution in [0.3, 0.4) is 0 Å². The quantitative estimate of drug-likeness (QED) is 0.567. The molecular formula is C20H30N2OS. The molecule has 0 saturated heterocycles. The lowest BCUT2D eigenvalue weighted by Gasteiger charge is -2.09. The fourth-order valence-corrected chi connectivity index (χ4v) is 3.71. The van der Waals surface area contributed by atoms with Crippen molar-refractivity contribution in [3.8, 4) is 17.0 Å². The Kier molecular flexibility index (Phi) is 8.26. The largest absolute Gasteiger partial charge is 0.496 e. The van der Waals surface area contributed by atoms with Gasteiger partial charge in [0.25, 0.3) is 0 Å². The average Bonchev–Trinajstić information content (AvgIpc) is 3.06. The molecule has 1 aromatic heterocycles. The molecule has 24 heavy (non-hydrogen) atoms. The highest BCUT2D eigenvalue weighted by atomic mass is 32.1. The minimum Gasteiger partial charge on any atom is -0.496 e. The fourth-order valence-electron chi connectivity index (χ4n) is 2.89. The van der Waals surface area contributed by atoms with E-state index in [1.807, 2.05) is 0 Å². The van der Waals surface area contributed by atoms with E-state index in [1.165, 1.54) is 44.1 Å². The molecule has 1 heterocycles. The van der Waals surface area contributed by atoms with Crippen LogP contribution in [0, 0.1) is 0 Å². The highest BCUT2D eigenvalue weighted by molar-refractivity contribution is 7.09. The monoisotopic (exact) mass is 346 g/mol. The van der Waals surface area contributed by atoms with E-state index in [9.17, 15) is 0 Å². The molecule has 0 radical (unpaired) electrons. The predicted octanol–water partition coefficient (Wildman–Crippen LogP) is 5.22. The highest BCUT2D eigenvalue weighted by Gasteiger charge is 2.11. The number of nitrogens with zero attached hydrogens (tertiary/aromatic N) is 1. The second-order valence-electron chi connectivity index (χ2n) is 6.22. The maximum Gasteiger partial charge on any atom is 0.128 e. The van der Waals surface area contributed by atoms with Crippen LogP contribution in [0.4, 0.5) is 0 Å². The Balaban J connectivity index is 2.01. The Bertz CT molecular complexity index is 609. The third-order valence-corrected chi connectivity index (χ3v) is 5.18. The van der Waals surface area contributed by atoms with Crippen LogP contribution >= 0.6 is 11.3 Å². The summed E-state index contributed by atoms with van der Waals surface area (Å²) in [7, 11) is 1.72. The Hall–Kier alpha value is -1.39. The van der Waals surface area contributed by atoms with E-state index >= 15 is 0 Å². The van der Waals surface area contributed by atoms with Gasteiger partial charge in [0, 0.05) is 17.4 Å². The summed E-state index contributed by atoms with van der Waals surface area (Å²) in [6.07, 6.45) is 9.93. The second kappa shape index (κ2) is 10.5. The lowest BCUT2D eigenvalue weighted by molar-refractivity contribution is 0.416. The average molecular weight is 347 g/mol. The van der Waals surface area contributed by atoms with E-state index in [0.29, 0.717) is 6.54 Å². The standard InChI is InChI=1S/C20H30N2OS/c1-3-4-5-6-7-8-9-16-10-11-19(23-2)17(14-16)18-15-24-20(22-18)12-13-21/h10-11,14-15H,3-9,12-13,21H2,1-2H3. The van der Waals surface area contributed by atoms with Crippen LogP contribution in [0.1, 0.15) is 56.0 Å². The highest BCUT2D eigenvalue weighted by Crippen LogP contribution is 2.32. The second-order valence-corrected chi connectivity index (χ2v) is 7.16. The molecule has 0 aliphatic rings. The normalized spacial score (nSPS) is 11.0. The molecule has 2 aromatic rings. The summed E-state index contributed by atoms with van der Waals surface area (Å²) in [5, 5.41) is 3.20. The van der Waals surface area contributed by atoms with Gasteiger partial charge in [-0.2, -0.15) is 0 Å². The molecule has 132 valence electrons. The van der Waals surface area contributed by atoms with Gasteiger partial charge in [-0.25, -0.2) is 4.98 Å². The third kappa shape index (κ3) is 5.60. The predicted molar refractivity (Wildman–Crippen MR) is 104 cm³/mol. The molecule has 0 fully saturated rings. The van der Waals surface area contributed by atoms with Crippen molar-refractivity contribution in [1.29, 1.82) is 0 Å². The van der Waals surface area contributed by atoms with Crippen molar-refractivity contribution < 1.29 is 4.74 Å². The number of hydrogen-bond donors (Lipinski definition) is 1. The van der Waals surface area contributed by atoms with E-state index in [2.05, 4.69) is 30.5 Å². The van der Waals surface area contributed by atoms with Crippen molar-refractivity contribution in [3.05, 3.63) is 34.2 Å². The van der Waals surface area contributed by atoms with Gasteiger partial charge in [-0.15, -0.1) is 11.3 Å². The SMILES string of the molecule is CCCCCCCCc1ccc(OC)c(-c2csc(CCN)n2)c1. The number of thiazole rings is 1. The molecule has 0 unspecified atom stereocenters. The van der Waals surface area contributed by atoms with Gasteiger partial charge < -0.3 is 10.5 Å². The summed E-state index contributed by atoms with van der Waals surface area (Å²) in [5.74, 6) is 0.895. The molecule has 0 aliphatic carbocycles. The van der Waals surface area contributed by atoms with E-state index < -0.39 is 0 Å². The minimum absolute atomic E-state index is 0.641. The smallest absolute Gasteiger partial charge is 0.128 e. The van der Waals surface area contributed by atoms with Crippen molar-refractivity contribution in [3.63, 3.8) is 0 Å². The molecule has 0 atom stereocenters. The Labute approximate surface area is 150 Å². The summed E-state index contributed by atoms with van der Waals surface area (Å²) in [6.45, 7) is 2.90. The number of rotatable bonds is 11. The van der Waals surface area contributed by atoms with Gasteiger partial charge in [-0.3, -0.25) is 0 Å². The first kappa shape index (κ1) is 18.9. The van der Waals surface area contributed by atoms with Crippen LogP contribution in [0.5, 0.6) is 5.75 Å². The Morgan fingerprint density at radius 3 is 2.62 bits per heavy atom. The first-order valence-corrected chi connectivity index (χ1v) is 9.98. The minimum atomic E-state index is 0.641. The maximum atomic E-state index is 5.63. The molecule has 0 saturated carbocycles. The van der Waals surface area contributed by atoms with Crippen LogP contribution in [0.15, 0.2) is 23.6 Å². The number of methoxy groups -OCH3 is 1. The summed E-state index contributed by atoms with van der Waals surface area (Å²) in [5.41, 5.74) is 9.10. The molecule has 0 spiro atoms. The summed E-state index contributed by atoms with van der Waals surface area (Å²) in [6, 6.07) is 6.50. The van der Waals surface area contributed by atoms with Crippen molar-refractivity contribution in [2.45, 2.75) is 58.3 Å². The number of aryl methyl sites for hydroxylation is 1. The van der Waals surface area contributed by atoms with Crippen molar-refractivity contribution in [1.82, 2.24) is 4.98 Å². The molecule has 2 N–H and O–H groups in total. The number of nitrogens with two attached hydrogens (primary N) is 1. The zero-order valence-electron chi connectivity index (χ0n) is 15.0. The third-order valence-electron chi connectivity index (χ3n) is 4.27. The Morgan fingerprint density at radius 1 is 1.08 bits per heavy atom. The van der Waals surface area contributed by atoms with Crippen LogP contribution in [-0.4, -0.2) is 18.6 Å². The Morgan fingerprint density at radius 2 is 1.88 bits per heavy atom. The number of ether oxygens (including phenoxy) is 1. The van der Waals surface area contributed by atoms with Gasteiger partial charge in [0.2, 0.25) is 0 Å². The van der Waals surface area contributed by atoms with Gasteiger partial charge in [-0.05, 0) is 37.1 Å². The molecule has 0 aliphatic heterocycles. The van der Waals surface area contributed by atoms with Gasteiger partial charge >= 0.3 is 0 Å². The van der Waals surface area contributed by atoms with E-state index in [-0.39, 0.29) is 0 Å². The van der Waals surface area contributed by atoms with Gasteiger partial charge in [0.05, 0.1) is 17.8 Å². The van der Waals surface area contributed by atoms with Crippen molar-refractivity contribution in [2.24, 2.45) is 5.73 Å². The van der Waals surface area contributed by atoms with Gasteiger partial charge in [-0.1, -0.05) is 45.1 Å². The van der Waals surface area contributed by atoms with Crippen LogP contribution in [0.25, 0.3) is 11.3 Å². The molecule has 4 heteroatoms. The first-order valence-electron chi connectivity index (χ1n) is 9.10. The zero-order valence-corrected chi connectivity index (χ0v) is 15.8. The number of hydrogen-bond acceptors (Lipinski definition) is 4. The molecule has 1 aromatic carbocycles. The van der Waals surface area contributed by atoms with Crippen LogP contribution in [-0.2, 0) is 12.8 Å². The van der Waals surface area contributed by atoms with Crippen molar-refractivity contribution in [2.75, 3.05) is 13.7 Å². The summed E-state index contributed by atoms with van der Waals surface area (Å²) < 4.78 is 5.53. The number of aromatic nitrogens is 1. The molecule has 0 amide bonds.